The van der Waals surface area contributed by atoms with Gasteiger partial charge in [0.1, 0.15) is 11.3 Å². The molecule has 0 atom stereocenters. The molecule has 82 valence electrons. The number of hydrogen-bond donors (Lipinski definition) is 2. The van der Waals surface area contributed by atoms with Crippen LogP contribution in [0.3, 0.4) is 0 Å². The van der Waals surface area contributed by atoms with E-state index in [-0.39, 0.29) is 5.69 Å². The summed E-state index contributed by atoms with van der Waals surface area (Å²) in [6, 6.07) is 0.867. The van der Waals surface area contributed by atoms with E-state index >= 15 is 0 Å². The van der Waals surface area contributed by atoms with Crippen molar-refractivity contribution < 1.29 is 18.3 Å². The highest BCUT2D eigenvalue weighted by atomic mass is 19.3. The molecular formula is C8H8F2N2O3. The highest BCUT2D eigenvalue weighted by molar-refractivity contribution is 5.89. The number of H-pyrrole nitrogens is 1. The van der Waals surface area contributed by atoms with Gasteiger partial charge in [-0.25, -0.2) is 13.6 Å². The molecule has 0 fully saturated rings. The van der Waals surface area contributed by atoms with Gasteiger partial charge in [0.15, 0.2) is 0 Å². The number of carbonyl (C=O) groups is 1. The molecule has 0 aromatic carbocycles. The number of anilines is 1. The maximum Gasteiger partial charge on any atom is 0.343 e. The molecule has 0 spiro atoms. The lowest BCUT2D eigenvalue weighted by Crippen LogP contribution is -2.21. The van der Waals surface area contributed by atoms with Gasteiger partial charge >= 0.3 is 5.97 Å². The summed E-state index contributed by atoms with van der Waals surface area (Å²) < 4.78 is 28.8. The van der Waals surface area contributed by atoms with Crippen molar-refractivity contribution in [2.75, 3.05) is 12.8 Å². The van der Waals surface area contributed by atoms with Crippen LogP contribution in [0.2, 0.25) is 0 Å². The molecule has 0 aliphatic carbocycles. The smallest absolute Gasteiger partial charge is 0.343 e. The third-order valence-corrected chi connectivity index (χ3v) is 1.73. The number of hydrogen-bond acceptors (Lipinski definition) is 4. The summed E-state index contributed by atoms with van der Waals surface area (Å²) in [5.74, 6) is -0.927. The molecule has 1 rings (SSSR count). The zero-order valence-corrected chi connectivity index (χ0v) is 7.71. The lowest BCUT2D eigenvalue weighted by atomic mass is 10.2. The summed E-state index contributed by atoms with van der Waals surface area (Å²) in [6.07, 6.45) is -2.90. The summed E-state index contributed by atoms with van der Waals surface area (Å²) in [5.41, 5.74) is 2.81. The molecule has 0 unspecified atom stereocenters. The highest BCUT2D eigenvalue weighted by Gasteiger charge is 2.18. The van der Waals surface area contributed by atoms with Crippen LogP contribution in [0.15, 0.2) is 10.9 Å². The van der Waals surface area contributed by atoms with Crippen molar-refractivity contribution in [3.63, 3.8) is 0 Å². The molecule has 0 aliphatic heterocycles. The van der Waals surface area contributed by atoms with Crippen molar-refractivity contribution in [3.05, 3.63) is 27.7 Å². The SMILES string of the molecule is COC(=O)c1cc(N)c(C(F)F)[nH]c1=O. The standard InChI is InChI=1S/C8H8F2N2O3/c1-15-8(14)3-2-4(11)5(6(9)10)12-7(3)13/h2,6H,11H2,1H3,(H,12,13). The number of carbonyl (C=O) groups excluding carboxylic acids is 1. The Morgan fingerprint density at radius 2 is 2.20 bits per heavy atom. The van der Waals surface area contributed by atoms with Crippen LogP contribution in [0, 0.1) is 0 Å². The topological polar surface area (TPSA) is 85.2 Å². The molecular weight excluding hydrogens is 210 g/mol. The van der Waals surface area contributed by atoms with Gasteiger partial charge in [0, 0.05) is 0 Å². The molecule has 0 saturated carbocycles. The Morgan fingerprint density at radius 3 is 2.67 bits per heavy atom. The number of rotatable bonds is 2. The number of nitrogens with two attached hydrogens (primary N) is 1. The number of methoxy groups -OCH3 is 1. The molecule has 1 aromatic heterocycles. The number of ether oxygens (including phenoxy) is 1. The van der Waals surface area contributed by atoms with E-state index in [1.807, 2.05) is 4.98 Å². The van der Waals surface area contributed by atoms with Crippen molar-refractivity contribution in [1.82, 2.24) is 4.98 Å². The first kappa shape index (κ1) is 11.2. The van der Waals surface area contributed by atoms with Crippen LogP contribution in [0.1, 0.15) is 22.5 Å². The molecule has 0 bridgehead atoms. The van der Waals surface area contributed by atoms with Crippen LogP contribution in [0.25, 0.3) is 0 Å². The van der Waals surface area contributed by atoms with E-state index in [4.69, 9.17) is 5.73 Å². The molecule has 7 heteroatoms. The first-order valence-corrected chi connectivity index (χ1v) is 3.86. The number of nitrogens with one attached hydrogen (secondary N) is 1. The number of halogens is 2. The third-order valence-electron chi connectivity index (χ3n) is 1.73. The van der Waals surface area contributed by atoms with Gasteiger partial charge in [-0.15, -0.1) is 0 Å². The Kier molecular flexibility index (Phi) is 3.03. The largest absolute Gasteiger partial charge is 0.465 e. The minimum atomic E-state index is -2.90. The van der Waals surface area contributed by atoms with E-state index in [0.717, 1.165) is 13.2 Å². The van der Waals surface area contributed by atoms with Crippen LogP contribution < -0.4 is 11.3 Å². The maximum atomic E-state index is 12.3. The Labute approximate surface area is 82.9 Å². The van der Waals surface area contributed by atoms with E-state index in [1.54, 1.807) is 0 Å². The van der Waals surface area contributed by atoms with Crippen molar-refractivity contribution in [3.8, 4) is 0 Å². The van der Waals surface area contributed by atoms with E-state index in [9.17, 15) is 18.4 Å². The predicted octanol–water partition coefficient (Wildman–Crippen LogP) is 0.681. The Bertz CT molecular complexity index is 442. The average molecular weight is 218 g/mol. The summed E-state index contributed by atoms with van der Waals surface area (Å²) in [7, 11) is 1.07. The van der Waals surface area contributed by atoms with Crippen molar-refractivity contribution in [2.24, 2.45) is 0 Å². The second-order valence-electron chi connectivity index (χ2n) is 2.67. The number of esters is 1. The molecule has 0 saturated heterocycles. The molecule has 15 heavy (non-hydrogen) atoms. The normalized spacial score (nSPS) is 10.4. The van der Waals surface area contributed by atoms with Crippen molar-refractivity contribution in [1.29, 1.82) is 0 Å². The molecule has 0 aliphatic rings. The van der Waals surface area contributed by atoms with E-state index < -0.39 is 29.2 Å². The van der Waals surface area contributed by atoms with Gasteiger partial charge in [0.05, 0.1) is 12.8 Å². The van der Waals surface area contributed by atoms with E-state index in [1.165, 1.54) is 0 Å². The summed E-state index contributed by atoms with van der Waals surface area (Å²) in [4.78, 5) is 24.0. The quantitative estimate of drug-likeness (QED) is 0.715. The predicted molar refractivity (Wildman–Crippen MR) is 47.8 cm³/mol. The highest BCUT2D eigenvalue weighted by Crippen LogP contribution is 2.21. The number of nitrogen functional groups attached to an aromatic ring is 1. The van der Waals surface area contributed by atoms with Crippen LogP contribution in [-0.4, -0.2) is 18.1 Å². The van der Waals surface area contributed by atoms with Crippen molar-refractivity contribution >= 4 is 11.7 Å². The van der Waals surface area contributed by atoms with E-state index in [0.29, 0.717) is 0 Å². The molecule has 0 radical (unpaired) electrons. The number of aromatic amines is 1. The first-order chi connectivity index (χ1) is 6.97. The summed E-state index contributed by atoms with van der Waals surface area (Å²) in [6.45, 7) is 0. The van der Waals surface area contributed by atoms with Crippen LogP contribution in [-0.2, 0) is 4.74 Å². The monoisotopic (exact) mass is 218 g/mol. The van der Waals surface area contributed by atoms with Crippen molar-refractivity contribution in [2.45, 2.75) is 6.43 Å². The lowest BCUT2D eigenvalue weighted by molar-refractivity contribution is 0.0598. The Balaban J connectivity index is 3.32. The summed E-state index contributed by atoms with van der Waals surface area (Å²) >= 11 is 0. The molecule has 1 heterocycles. The van der Waals surface area contributed by atoms with E-state index in [2.05, 4.69) is 4.74 Å². The first-order valence-electron chi connectivity index (χ1n) is 3.86. The third kappa shape index (κ3) is 2.12. The summed E-state index contributed by atoms with van der Waals surface area (Å²) in [5, 5.41) is 0. The van der Waals surface area contributed by atoms with Gasteiger partial charge in [-0.1, -0.05) is 0 Å². The zero-order chi connectivity index (χ0) is 11.6. The lowest BCUT2D eigenvalue weighted by Gasteiger charge is -2.05. The molecule has 0 amide bonds. The second-order valence-corrected chi connectivity index (χ2v) is 2.67. The van der Waals surface area contributed by atoms with Gasteiger partial charge in [0.25, 0.3) is 12.0 Å². The maximum absolute atomic E-state index is 12.3. The molecule has 3 N–H and O–H groups in total. The fourth-order valence-electron chi connectivity index (χ4n) is 1.00. The van der Waals surface area contributed by atoms with Gasteiger partial charge in [-0.3, -0.25) is 4.79 Å². The molecule has 1 aromatic rings. The Morgan fingerprint density at radius 1 is 1.60 bits per heavy atom. The van der Waals surface area contributed by atoms with Gasteiger partial charge in [0.2, 0.25) is 0 Å². The Hall–Kier alpha value is -1.92. The fraction of sp³-hybridized carbons (Fsp3) is 0.250. The van der Waals surface area contributed by atoms with Gasteiger partial charge in [-0.2, -0.15) is 0 Å². The number of aromatic nitrogens is 1. The number of pyridine rings is 1. The zero-order valence-electron chi connectivity index (χ0n) is 7.71. The minimum Gasteiger partial charge on any atom is -0.465 e. The van der Waals surface area contributed by atoms with Crippen LogP contribution in [0.5, 0.6) is 0 Å². The number of alkyl halides is 2. The minimum absolute atomic E-state index is 0.356. The average Bonchev–Trinajstić information content (AvgIpc) is 2.19. The fourth-order valence-corrected chi connectivity index (χ4v) is 1.00. The van der Waals surface area contributed by atoms with Crippen LogP contribution >= 0.6 is 0 Å². The molecule has 5 nitrogen and oxygen atoms in total. The van der Waals surface area contributed by atoms with Gasteiger partial charge in [-0.05, 0) is 6.07 Å². The van der Waals surface area contributed by atoms with Crippen LogP contribution in [0.4, 0.5) is 14.5 Å². The van der Waals surface area contributed by atoms with Gasteiger partial charge < -0.3 is 15.5 Å². The second kappa shape index (κ2) is 4.07.